The SMILES string of the molecule is CC(C)CC(=O)CO[C@H](CC(C)C)C(=O)Nc1ccc(-c2ccc(NC(=O)[C@@H](CC(C)C)OCC(=O)CC(C)C)cc2)cc1. The monoisotopic (exact) mass is 608 g/mol. The third kappa shape index (κ3) is 14.0. The van der Waals surface area contributed by atoms with E-state index in [1.54, 1.807) is 0 Å². The summed E-state index contributed by atoms with van der Waals surface area (Å²) >= 11 is 0. The van der Waals surface area contributed by atoms with Crippen molar-refractivity contribution in [3.05, 3.63) is 48.5 Å². The zero-order valence-corrected chi connectivity index (χ0v) is 27.8. The molecule has 0 radical (unpaired) electrons. The van der Waals surface area contributed by atoms with E-state index < -0.39 is 12.2 Å². The van der Waals surface area contributed by atoms with Gasteiger partial charge in [0, 0.05) is 24.2 Å². The number of benzene rings is 2. The maximum absolute atomic E-state index is 13.0. The van der Waals surface area contributed by atoms with Crippen LogP contribution < -0.4 is 10.6 Å². The van der Waals surface area contributed by atoms with Crippen molar-refractivity contribution in [2.45, 2.75) is 93.3 Å². The molecule has 0 bridgehead atoms. The Morgan fingerprint density at radius 3 is 1.11 bits per heavy atom. The molecule has 8 nitrogen and oxygen atoms in total. The van der Waals surface area contributed by atoms with E-state index in [0.717, 1.165) is 11.1 Å². The standard InChI is InChI=1S/C36H52N2O6/c1-23(2)17-31(39)21-43-33(19-25(5)6)35(41)37-29-13-9-27(10-14-29)28-11-15-30(16-12-28)38-36(42)34(20-26(7)8)44-22-32(40)18-24(3)4/h9-16,23-26,33-34H,17-22H2,1-8H3,(H,37,41)(H,38,42)/t33-,34-/m1/s1. The molecule has 0 aromatic heterocycles. The summed E-state index contributed by atoms with van der Waals surface area (Å²) in [4.78, 5) is 50.2. The van der Waals surface area contributed by atoms with E-state index in [0.29, 0.717) is 37.1 Å². The summed E-state index contributed by atoms with van der Waals surface area (Å²) in [6.45, 7) is 15.8. The number of nitrogens with one attached hydrogen (secondary N) is 2. The predicted molar refractivity (Wildman–Crippen MR) is 176 cm³/mol. The maximum atomic E-state index is 13.0. The van der Waals surface area contributed by atoms with Crippen LogP contribution in [0.4, 0.5) is 11.4 Å². The fraction of sp³-hybridized carbons (Fsp3) is 0.556. The molecule has 0 fully saturated rings. The summed E-state index contributed by atoms with van der Waals surface area (Å²) in [6.07, 6.45) is 0.473. The van der Waals surface area contributed by atoms with Crippen molar-refractivity contribution < 1.29 is 28.7 Å². The van der Waals surface area contributed by atoms with Crippen molar-refractivity contribution in [3.8, 4) is 11.1 Å². The van der Waals surface area contributed by atoms with Gasteiger partial charge in [0.25, 0.3) is 11.8 Å². The first kappa shape index (κ1) is 36.8. The van der Waals surface area contributed by atoms with Gasteiger partial charge in [-0.05, 0) is 71.9 Å². The second kappa shape index (κ2) is 18.4. The fourth-order valence-corrected chi connectivity index (χ4v) is 4.71. The summed E-state index contributed by atoms with van der Waals surface area (Å²) in [5, 5.41) is 5.83. The number of hydrogen-bond acceptors (Lipinski definition) is 6. The third-order valence-corrected chi connectivity index (χ3v) is 6.76. The number of anilines is 2. The number of ether oxygens (including phenoxy) is 2. The molecule has 0 spiro atoms. The molecule has 2 amide bonds. The lowest BCUT2D eigenvalue weighted by Crippen LogP contribution is -2.33. The molecule has 2 aromatic carbocycles. The van der Waals surface area contributed by atoms with Gasteiger partial charge in [-0.15, -0.1) is 0 Å². The number of Topliss-reactive ketones (excluding diaryl/α,β-unsaturated/α-hetero) is 2. The number of rotatable bonds is 19. The van der Waals surface area contributed by atoms with Gasteiger partial charge in [0.05, 0.1) is 0 Å². The van der Waals surface area contributed by atoms with Gasteiger partial charge in [0.1, 0.15) is 25.4 Å². The molecule has 0 unspecified atom stereocenters. The number of amides is 2. The highest BCUT2D eigenvalue weighted by Gasteiger charge is 2.23. The van der Waals surface area contributed by atoms with Gasteiger partial charge in [-0.25, -0.2) is 0 Å². The largest absolute Gasteiger partial charge is 0.361 e. The Morgan fingerprint density at radius 1 is 0.523 bits per heavy atom. The number of ketones is 2. The molecule has 44 heavy (non-hydrogen) atoms. The van der Waals surface area contributed by atoms with E-state index in [4.69, 9.17) is 9.47 Å². The molecule has 0 saturated carbocycles. The van der Waals surface area contributed by atoms with Crippen LogP contribution in [0.5, 0.6) is 0 Å². The van der Waals surface area contributed by atoms with Gasteiger partial charge in [0.2, 0.25) is 0 Å². The molecule has 0 saturated heterocycles. The Hall–Kier alpha value is -3.36. The minimum atomic E-state index is -0.709. The predicted octanol–water partition coefficient (Wildman–Crippen LogP) is 7.32. The molecule has 0 aliphatic rings. The summed E-state index contributed by atoms with van der Waals surface area (Å²) in [6, 6.07) is 15.0. The zero-order chi connectivity index (χ0) is 32.8. The van der Waals surface area contributed by atoms with Crippen molar-refractivity contribution in [2.75, 3.05) is 23.8 Å². The second-order valence-corrected chi connectivity index (χ2v) is 13.3. The van der Waals surface area contributed by atoms with Crippen LogP contribution in [0.1, 0.15) is 81.1 Å². The van der Waals surface area contributed by atoms with Gasteiger partial charge in [-0.2, -0.15) is 0 Å². The van der Waals surface area contributed by atoms with E-state index in [-0.39, 0.29) is 60.3 Å². The molecule has 2 N–H and O–H groups in total. The normalized spacial score (nSPS) is 12.9. The van der Waals surface area contributed by atoms with Gasteiger partial charge in [-0.1, -0.05) is 79.7 Å². The average molecular weight is 609 g/mol. The highest BCUT2D eigenvalue weighted by Crippen LogP contribution is 2.24. The van der Waals surface area contributed by atoms with E-state index in [1.807, 2.05) is 104 Å². The van der Waals surface area contributed by atoms with Crippen LogP contribution in [-0.4, -0.2) is 48.8 Å². The molecule has 2 atom stereocenters. The topological polar surface area (TPSA) is 111 Å². The molecular weight excluding hydrogens is 556 g/mol. The first-order chi connectivity index (χ1) is 20.7. The Kier molecular flexibility index (Phi) is 15.4. The molecule has 0 aliphatic heterocycles. The van der Waals surface area contributed by atoms with E-state index in [9.17, 15) is 19.2 Å². The lowest BCUT2D eigenvalue weighted by atomic mass is 10.0. The minimum absolute atomic E-state index is 0.00575. The van der Waals surface area contributed by atoms with Crippen molar-refractivity contribution >= 4 is 34.8 Å². The molecule has 0 aliphatic carbocycles. The Morgan fingerprint density at radius 2 is 0.841 bits per heavy atom. The summed E-state index contributed by atoms with van der Waals surface area (Å²) in [5.74, 6) is 0.401. The first-order valence-electron chi connectivity index (χ1n) is 15.8. The van der Waals surface area contributed by atoms with Gasteiger partial charge in [0.15, 0.2) is 11.6 Å². The van der Waals surface area contributed by atoms with Crippen LogP contribution in [0.15, 0.2) is 48.5 Å². The first-order valence-corrected chi connectivity index (χ1v) is 15.8. The number of carbonyl (C=O) groups is 4. The molecule has 8 heteroatoms. The van der Waals surface area contributed by atoms with Gasteiger partial charge in [-0.3, -0.25) is 19.2 Å². The molecule has 242 valence electrons. The smallest absolute Gasteiger partial charge is 0.253 e. The lowest BCUT2D eigenvalue weighted by Gasteiger charge is -2.20. The van der Waals surface area contributed by atoms with Crippen LogP contribution in [0.2, 0.25) is 0 Å². The van der Waals surface area contributed by atoms with Crippen LogP contribution in [-0.2, 0) is 28.7 Å². The van der Waals surface area contributed by atoms with E-state index in [2.05, 4.69) is 10.6 Å². The quantitative estimate of drug-likeness (QED) is 0.173. The third-order valence-electron chi connectivity index (χ3n) is 6.76. The van der Waals surface area contributed by atoms with Crippen LogP contribution in [0, 0.1) is 23.7 Å². The summed E-state index contributed by atoms with van der Waals surface area (Å²) in [7, 11) is 0. The molecule has 0 heterocycles. The average Bonchev–Trinajstić information content (AvgIpc) is 2.93. The van der Waals surface area contributed by atoms with Crippen molar-refractivity contribution in [2.24, 2.45) is 23.7 Å². The van der Waals surface area contributed by atoms with Crippen LogP contribution >= 0.6 is 0 Å². The van der Waals surface area contributed by atoms with E-state index in [1.165, 1.54) is 0 Å². The van der Waals surface area contributed by atoms with Crippen molar-refractivity contribution in [1.82, 2.24) is 0 Å². The Bertz CT molecular complexity index is 1110. The Labute approximate surface area is 263 Å². The zero-order valence-electron chi connectivity index (χ0n) is 27.8. The lowest BCUT2D eigenvalue weighted by molar-refractivity contribution is -0.136. The highest BCUT2D eigenvalue weighted by molar-refractivity contribution is 5.95. The molecule has 2 rings (SSSR count). The van der Waals surface area contributed by atoms with Crippen molar-refractivity contribution in [3.63, 3.8) is 0 Å². The summed E-state index contributed by atoms with van der Waals surface area (Å²) in [5.41, 5.74) is 3.16. The maximum Gasteiger partial charge on any atom is 0.253 e. The van der Waals surface area contributed by atoms with Crippen LogP contribution in [0.25, 0.3) is 11.1 Å². The van der Waals surface area contributed by atoms with Gasteiger partial charge < -0.3 is 20.1 Å². The number of hydrogen-bond donors (Lipinski definition) is 2. The van der Waals surface area contributed by atoms with Gasteiger partial charge >= 0.3 is 0 Å². The molecular formula is C36H52N2O6. The highest BCUT2D eigenvalue weighted by atomic mass is 16.5. The van der Waals surface area contributed by atoms with Crippen molar-refractivity contribution in [1.29, 1.82) is 0 Å². The van der Waals surface area contributed by atoms with Crippen LogP contribution in [0.3, 0.4) is 0 Å². The fourth-order valence-electron chi connectivity index (χ4n) is 4.71. The van der Waals surface area contributed by atoms with E-state index >= 15 is 0 Å². The Balaban J connectivity index is 2.00. The molecule has 2 aromatic rings. The summed E-state index contributed by atoms with van der Waals surface area (Å²) < 4.78 is 11.5. The number of carbonyl (C=O) groups excluding carboxylic acids is 4. The minimum Gasteiger partial charge on any atom is -0.361 e. The second-order valence-electron chi connectivity index (χ2n) is 13.3.